The third-order valence-corrected chi connectivity index (χ3v) is 3.37. The van der Waals surface area contributed by atoms with E-state index in [1.807, 2.05) is 12.1 Å². The summed E-state index contributed by atoms with van der Waals surface area (Å²) in [5, 5.41) is 2.74. The second kappa shape index (κ2) is 6.64. The van der Waals surface area contributed by atoms with Gasteiger partial charge in [-0.05, 0) is 23.1 Å². The van der Waals surface area contributed by atoms with Gasteiger partial charge in [-0.3, -0.25) is 4.79 Å². The molecule has 0 unspecified atom stereocenters. The lowest BCUT2D eigenvalue weighted by Crippen LogP contribution is -2.15. The van der Waals surface area contributed by atoms with Crippen LogP contribution in [0.2, 0.25) is 0 Å². The monoisotopic (exact) mass is 315 g/mol. The lowest BCUT2D eigenvalue weighted by molar-refractivity contribution is 0.102. The summed E-state index contributed by atoms with van der Waals surface area (Å²) < 4.78 is 10.1. The molecular formula is C17H21N3O3. The number of carbonyl (C=O) groups is 1. The molecule has 0 spiro atoms. The number of hydrogen-bond acceptors (Lipinski definition) is 5. The summed E-state index contributed by atoms with van der Waals surface area (Å²) in [6.45, 7) is 6.38. The van der Waals surface area contributed by atoms with Gasteiger partial charge in [0.1, 0.15) is 5.69 Å². The van der Waals surface area contributed by atoms with Crippen LogP contribution in [0.25, 0.3) is 0 Å². The van der Waals surface area contributed by atoms with Gasteiger partial charge in [0.2, 0.25) is 5.88 Å². The Bertz CT molecular complexity index is 691. The summed E-state index contributed by atoms with van der Waals surface area (Å²) in [7, 11) is 2.93. The van der Waals surface area contributed by atoms with Gasteiger partial charge in [-0.15, -0.1) is 0 Å². The number of methoxy groups -OCH3 is 2. The molecule has 2 aromatic rings. The van der Waals surface area contributed by atoms with E-state index >= 15 is 0 Å². The van der Waals surface area contributed by atoms with Gasteiger partial charge in [0.05, 0.1) is 20.4 Å². The highest BCUT2D eigenvalue weighted by atomic mass is 16.5. The molecule has 0 atom stereocenters. The molecule has 6 nitrogen and oxygen atoms in total. The molecule has 0 aliphatic carbocycles. The Morgan fingerprint density at radius 3 is 2.26 bits per heavy atom. The first-order valence-corrected chi connectivity index (χ1v) is 7.22. The van der Waals surface area contributed by atoms with Gasteiger partial charge in [-0.1, -0.05) is 32.9 Å². The van der Waals surface area contributed by atoms with Crippen molar-refractivity contribution in [1.29, 1.82) is 0 Å². The molecule has 0 aliphatic rings. The molecule has 23 heavy (non-hydrogen) atoms. The molecule has 0 aliphatic heterocycles. The molecule has 0 radical (unpaired) electrons. The number of nitrogens with zero attached hydrogens (tertiary/aromatic N) is 2. The zero-order valence-corrected chi connectivity index (χ0v) is 14.0. The van der Waals surface area contributed by atoms with Crippen molar-refractivity contribution in [3.05, 3.63) is 41.6 Å². The molecule has 1 N–H and O–H groups in total. The minimum Gasteiger partial charge on any atom is -0.479 e. The molecule has 0 bridgehead atoms. The maximum Gasteiger partial charge on any atom is 0.319 e. The third-order valence-electron chi connectivity index (χ3n) is 3.37. The van der Waals surface area contributed by atoms with Crippen LogP contribution in [0.5, 0.6) is 11.9 Å². The molecule has 1 heterocycles. The highest BCUT2D eigenvalue weighted by molar-refractivity contribution is 6.04. The van der Waals surface area contributed by atoms with Crippen LogP contribution in [0.4, 0.5) is 5.69 Å². The van der Waals surface area contributed by atoms with Crippen LogP contribution >= 0.6 is 0 Å². The fraction of sp³-hybridized carbons (Fsp3) is 0.353. The Balaban J connectivity index is 2.19. The van der Waals surface area contributed by atoms with E-state index in [0.717, 1.165) is 0 Å². The first-order valence-electron chi connectivity index (χ1n) is 7.22. The van der Waals surface area contributed by atoms with Crippen LogP contribution in [-0.2, 0) is 5.41 Å². The molecule has 0 saturated carbocycles. The lowest BCUT2D eigenvalue weighted by Gasteiger charge is -2.19. The summed E-state index contributed by atoms with van der Waals surface area (Å²) in [6.07, 6.45) is 1.45. The number of amides is 1. The van der Waals surface area contributed by atoms with E-state index < -0.39 is 0 Å². The number of carbonyl (C=O) groups excluding carboxylic acids is 1. The molecule has 122 valence electrons. The Kier molecular flexibility index (Phi) is 4.83. The van der Waals surface area contributed by atoms with Gasteiger partial charge in [-0.2, -0.15) is 4.98 Å². The van der Waals surface area contributed by atoms with E-state index in [2.05, 4.69) is 36.1 Å². The predicted octanol–water partition coefficient (Wildman–Crippen LogP) is 3.04. The SMILES string of the molecule is COc1ncc(NC(=O)c2ccc(C(C)(C)C)cc2)c(OC)n1. The Labute approximate surface area is 135 Å². The third kappa shape index (κ3) is 3.97. The van der Waals surface area contributed by atoms with E-state index in [0.29, 0.717) is 11.3 Å². The van der Waals surface area contributed by atoms with Crippen molar-refractivity contribution in [2.45, 2.75) is 26.2 Å². The van der Waals surface area contributed by atoms with Crippen molar-refractivity contribution in [1.82, 2.24) is 9.97 Å². The molecule has 2 rings (SSSR count). The standard InChI is InChI=1S/C17H21N3O3/c1-17(2,3)12-8-6-11(7-9-12)14(21)19-13-10-18-16(23-5)20-15(13)22-4/h6-10H,1-5H3,(H,19,21). The van der Waals surface area contributed by atoms with E-state index in [1.54, 1.807) is 12.1 Å². The first kappa shape index (κ1) is 16.7. The van der Waals surface area contributed by atoms with Crippen molar-refractivity contribution in [2.24, 2.45) is 0 Å². The number of ether oxygens (including phenoxy) is 2. The molecule has 1 amide bonds. The average Bonchev–Trinajstić information content (AvgIpc) is 2.54. The van der Waals surface area contributed by atoms with Crippen LogP contribution in [-0.4, -0.2) is 30.1 Å². The van der Waals surface area contributed by atoms with Crippen molar-refractivity contribution >= 4 is 11.6 Å². The van der Waals surface area contributed by atoms with Crippen LogP contribution < -0.4 is 14.8 Å². The summed E-state index contributed by atoms with van der Waals surface area (Å²) in [6, 6.07) is 7.68. The van der Waals surface area contributed by atoms with Crippen molar-refractivity contribution < 1.29 is 14.3 Å². The normalized spacial score (nSPS) is 11.0. The molecule has 0 saturated heterocycles. The van der Waals surface area contributed by atoms with Gasteiger partial charge in [0.25, 0.3) is 5.91 Å². The maximum absolute atomic E-state index is 12.3. The van der Waals surface area contributed by atoms with Crippen molar-refractivity contribution in [3.8, 4) is 11.9 Å². The van der Waals surface area contributed by atoms with Crippen LogP contribution in [0.3, 0.4) is 0 Å². The summed E-state index contributed by atoms with van der Waals surface area (Å²) in [5.41, 5.74) is 2.15. The summed E-state index contributed by atoms with van der Waals surface area (Å²) in [5.74, 6) is -0.00552. The largest absolute Gasteiger partial charge is 0.479 e. The summed E-state index contributed by atoms with van der Waals surface area (Å²) in [4.78, 5) is 20.3. The summed E-state index contributed by atoms with van der Waals surface area (Å²) >= 11 is 0. The van der Waals surface area contributed by atoms with Crippen LogP contribution in [0.1, 0.15) is 36.7 Å². The molecule has 1 aromatic heterocycles. The minimum atomic E-state index is -0.252. The van der Waals surface area contributed by atoms with Crippen molar-refractivity contribution in [3.63, 3.8) is 0 Å². The number of benzene rings is 1. The van der Waals surface area contributed by atoms with E-state index in [1.165, 1.54) is 26.0 Å². The highest BCUT2D eigenvalue weighted by Gasteiger charge is 2.16. The Hall–Kier alpha value is -2.63. The minimum absolute atomic E-state index is 0.0437. The molecule has 1 aromatic carbocycles. The van der Waals surface area contributed by atoms with Crippen LogP contribution in [0, 0.1) is 0 Å². The predicted molar refractivity (Wildman–Crippen MR) is 88.2 cm³/mol. The molecule has 6 heteroatoms. The van der Waals surface area contributed by atoms with Gasteiger partial charge >= 0.3 is 6.01 Å². The number of anilines is 1. The zero-order valence-electron chi connectivity index (χ0n) is 14.0. The smallest absolute Gasteiger partial charge is 0.319 e. The van der Waals surface area contributed by atoms with Crippen LogP contribution in [0.15, 0.2) is 30.5 Å². The van der Waals surface area contributed by atoms with Gasteiger partial charge in [0.15, 0.2) is 0 Å². The second-order valence-corrected chi connectivity index (χ2v) is 6.06. The topological polar surface area (TPSA) is 73.3 Å². The van der Waals surface area contributed by atoms with Gasteiger partial charge < -0.3 is 14.8 Å². The maximum atomic E-state index is 12.3. The Morgan fingerprint density at radius 2 is 1.74 bits per heavy atom. The average molecular weight is 315 g/mol. The fourth-order valence-electron chi connectivity index (χ4n) is 2.01. The van der Waals surface area contributed by atoms with E-state index in [4.69, 9.17) is 9.47 Å². The lowest BCUT2D eigenvalue weighted by atomic mass is 9.87. The number of rotatable bonds is 4. The first-order chi connectivity index (χ1) is 10.8. The number of nitrogens with one attached hydrogen (secondary N) is 1. The van der Waals surface area contributed by atoms with E-state index in [-0.39, 0.29) is 23.2 Å². The Morgan fingerprint density at radius 1 is 1.09 bits per heavy atom. The highest BCUT2D eigenvalue weighted by Crippen LogP contribution is 2.24. The molecule has 0 fully saturated rings. The zero-order chi connectivity index (χ0) is 17.0. The fourth-order valence-corrected chi connectivity index (χ4v) is 2.01. The number of aromatic nitrogens is 2. The second-order valence-electron chi connectivity index (χ2n) is 6.06. The van der Waals surface area contributed by atoms with Gasteiger partial charge in [-0.25, -0.2) is 4.98 Å². The van der Waals surface area contributed by atoms with Gasteiger partial charge in [0, 0.05) is 5.56 Å². The quantitative estimate of drug-likeness (QED) is 0.938. The molecular weight excluding hydrogens is 294 g/mol. The van der Waals surface area contributed by atoms with Crippen molar-refractivity contribution in [2.75, 3.05) is 19.5 Å². The van der Waals surface area contributed by atoms with E-state index in [9.17, 15) is 4.79 Å². The number of hydrogen-bond donors (Lipinski definition) is 1.